The average molecular weight is 300 g/mol. The number of rotatable bonds is 3. The monoisotopic (exact) mass is 300 g/mol. The predicted molar refractivity (Wildman–Crippen MR) is 77.6 cm³/mol. The van der Waals surface area contributed by atoms with Crippen molar-refractivity contribution in [2.24, 2.45) is 0 Å². The molecule has 0 saturated carbocycles. The Kier molecular flexibility index (Phi) is 4.14. The third-order valence-corrected chi connectivity index (χ3v) is 4.87. The molecule has 20 heavy (non-hydrogen) atoms. The molecular weight excluding hydrogens is 280 g/mol. The molecule has 0 atom stereocenters. The van der Waals surface area contributed by atoms with Crippen molar-refractivity contribution < 1.29 is 8.42 Å². The Hall–Kier alpha value is -1.41. The van der Waals surface area contributed by atoms with Gasteiger partial charge in [0.1, 0.15) is 0 Å². The number of sulfonamides is 1. The van der Waals surface area contributed by atoms with Crippen molar-refractivity contribution >= 4 is 16.0 Å². The second-order valence-electron chi connectivity index (χ2n) is 4.96. The number of aromatic amines is 1. The lowest BCUT2D eigenvalue weighted by molar-refractivity contribution is 0.385. The second kappa shape index (κ2) is 5.53. The van der Waals surface area contributed by atoms with E-state index in [0.717, 1.165) is 5.69 Å². The van der Waals surface area contributed by atoms with E-state index in [1.54, 1.807) is 0 Å². The van der Waals surface area contributed by atoms with E-state index in [0.29, 0.717) is 44.1 Å². The number of aryl methyl sites for hydroxylation is 1. The Morgan fingerprint density at radius 2 is 1.85 bits per heavy atom. The summed E-state index contributed by atoms with van der Waals surface area (Å²) in [4.78, 5) is 21.0. The van der Waals surface area contributed by atoms with Crippen molar-refractivity contribution in [3.05, 3.63) is 21.6 Å². The zero-order valence-electron chi connectivity index (χ0n) is 12.0. The molecular formula is C12H20N4O3S. The summed E-state index contributed by atoms with van der Waals surface area (Å²) in [6, 6.07) is 0. The summed E-state index contributed by atoms with van der Waals surface area (Å²) in [7, 11) is -3.14. The van der Waals surface area contributed by atoms with Gasteiger partial charge in [-0.25, -0.2) is 13.4 Å². The van der Waals surface area contributed by atoms with E-state index in [1.807, 2.05) is 18.7 Å². The molecule has 1 aromatic heterocycles. The van der Waals surface area contributed by atoms with Gasteiger partial charge < -0.3 is 4.90 Å². The highest BCUT2D eigenvalue weighted by Crippen LogP contribution is 2.13. The van der Waals surface area contributed by atoms with E-state index in [4.69, 9.17) is 0 Å². The van der Waals surface area contributed by atoms with Crippen LogP contribution in [0.15, 0.2) is 4.79 Å². The van der Waals surface area contributed by atoms with Gasteiger partial charge >= 0.3 is 0 Å². The second-order valence-corrected chi connectivity index (χ2v) is 6.94. The topological polar surface area (TPSA) is 86.4 Å². The minimum atomic E-state index is -3.14. The summed E-state index contributed by atoms with van der Waals surface area (Å²) in [6.07, 6.45) is 1.86. The van der Waals surface area contributed by atoms with Crippen molar-refractivity contribution in [3.63, 3.8) is 0 Å². The fourth-order valence-electron chi connectivity index (χ4n) is 2.39. The van der Waals surface area contributed by atoms with Gasteiger partial charge in [0.15, 0.2) is 0 Å². The van der Waals surface area contributed by atoms with Crippen LogP contribution in [-0.2, 0) is 16.4 Å². The van der Waals surface area contributed by atoms with Crippen LogP contribution in [0.4, 0.5) is 5.95 Å². The third-order valence-electron chi connectivity index (χ3n) is 3.57. The van der Waals surface area contributed by atoms with E-state index in [2.05, 4.69) is 9.97 Å². The SMILES string of the molecule is CCc1c(C)nc(N2CCN(S(C)(=O)=O)CC2)[nH]c1=O. The van der Waals surface area contributed by atoms with E-state index in [-0.39, 0.29) is 5.56 Å². The lowest BCUT2D eigenvalue weighted by Crippen LogP contribution is -2.49. The highest BCUT2D eigenvalue weighted by Gasteiger charge is 2.24. The Bertz CT molecular complexity index is 645. The maximum Gasteiger partial charge on any atom is 0.255 e. The summed E-state index contributed by atoms with van der Waals surface area (Å²) in [5, 5.41) is 0. The van der Waals surface area contributed by atoms with Crippen molar-refractivity contribution in [3.8, 4) is 0 Å². The summed E-state index contributed by atoms with van der Waals surface area (Å²) >= 11 is 0. The van der Waals surface area contributed by atoms with Crippen LogP contribution in [0.2, 0.25) is 0 Å². The average Bonchev–Trinajstić information content (AvgIpc) is 2.37. The Balaban J connectivity index is 2.18. The molecule has 2 rings (SSSR count). The molecule has 0 radical (unpaired) electrons. The molecule has 1 aliphatic rings. The van der Waals surface area contributed by atoms with Gasteiger partial charge in [-0.05, 0) is 13.3 Å². The number of hydrogen-bond acceptors (Lipinski definition) is 5. The first-order valence-corrected chi connectivity index (χ1v) is 8.47. The largest absolute Gasteiger partial charge is 0.340 e. The molecule has 0 spiro atoms. The molecule has 7 nitrogen and oxygen atoms in total. The molecule has 1 aliphatic heterocycles. The smallest absolute Gasteiger partial charge is 0.255 e. The van der Waals surface area contributed by atoms with Gasteiger partial charge in [-0.2, -0.15) is 4.31 Å². The Labute approximate surface area is 118 Å². The molecule has 1 fully saturated rings. The summed E-state index contributed by atoms with van der Waals surface area (Å²) in [6.45, 7) is 5.63. The van der Waals surface area contributed by atoms with Crippen molar-refractivity contribution in [1.29, 1.82) is 0 Å². The molecule has 0 amide bonds. The summed E-state index contributed by atoms with van der Waals surface area (Å²) in [5.41, 5.74) is 1.32. The zero-order valence-corrected chi connectivity index (χ0v) is 12.8. The van der Waals surface area contributed by atoms with Crippen LogP contribution >= 0.6 is 0 Å². The lowest BCUT2D eigenvalue weighted by Gasteiger charge is -2.33. The number of nitrogens with zero attached hydrogens (tertiary/aromatic N) is 3. The molecule has 0 unspecified atom stereocenters. The van der Waals surface area contributed by atoms with Crippen molar-refractivity contribution in [1.82, 2.24) is 14.3 Å². The molecule has 112 valence electrons. The molecule has 0 aliphatic carbocycles. The van der Waals surface area contributed by atoms with Gasteiger partial charge in [-0.15, -0.1) is 0 Å². The number of nitrogens with one attached hydrogen (secondary N) is 1. The predicted octanol–water partition coefficient (Wildman–Crippen LogP) is -0.278. The summed E-state index contributed by atoms with van der Waals surface area (Å²) in [5.74, 6) is 0.526. The lowest BCUT2D eigenvalue weighted by atomic mass is 10.2. The first kappa shape index (κ1) is 15.0. The van der Waals surface area contributed by atoms with E-state index in [1.165, 1.54) is 10.6 Å². The maximum absolute atomic E-state index is 11.9. The van der Waals surface area contributed by atoms with E-state index >= 15 is 0 Å². The van der Waals surface area contributed by atoms with Crippen LogP contribution in [0.3, 0.4) is 0 Å². The third kappa shape index (κ3) is 3.01. The minimum Gasteiger partial charge on any atom is -0.340 e. The highest BCUT2D eigenvalue weighted by atomic mass is 32.2. The van der Waals surface area contributed by atoms with Crippen LogP contribution < -0.4 is 10.5 Å². The van der Waals surface area contributed by atoms with Gasteiger partial charge in [0.25, 0.3) is 5.56 Å². The number of anilines is 1. The van der Waals surface area contributed by atoms with Gasteiger partial charge in [-0.3, -0.25) is 9.78 Å². The number of hydrogen-bond donors (Lipinski definition) is 1. The number of aromatic nitrogens is 2. The van der Waals surface area contributed by atoms with Gasteiger partial charge in [-0.1, -0.05) is 6.92 Å². The number of H-pyrrole nitrogens is 1. The van der Waals surface area contributed by atoms with Crippen LogP contribution in [0, 0.1) is 6.92 Å². The van der Waals surface area contributed by atoms with E-state index in [9.17, 15) is 13.2 Å². The first-order valence-electron chi connectivity index (χ1n) is 6.62. The van der Waals surface area contributed by atoms with Gasteiger partial charge in [0, 0.05) is 37.4 Å². The summed E-state index contributed by atoms with van der Waals surface area (Å²) < 4.78 is 24.3. The van der Waals surface area contributed by atoms with Crippen molar-refractivity contribution in [2.75, 3.05) is 37.3 Å². The normalized spacial score (nSPS) is 17.4. The van der Waals surface area contributed by atoms with Crippen LogP contribution in [0.1, 0.15) is 18.2 Å². The van der Waals surface area contributed by atoms with Crippen LogP contribution in [0.25, 0.3) is 0 Å². The minimum absolute atomic E-state index is 0.111. The standard InChI is InChI=1S/C12H20N4O3S/c1-4-10-9(2)13-12(14-11(10)17)15-5-7-16(8-6-15)20(3,18)19/h4-8H2,1-3H3,(H,13,14,17). The van der Waals surface area contributed by atoms with Gasteiger partial charge in [0.2, 0.25) is 16.0 Å². The molecule has 8 heteroatoms. The molecule has 0 bridgehead atoms. The fraction of sp³-hybridized carbons (Fsp3) is 0.667. The first-order chi connectivity index (χ1) is 9.32. The molecule has 2 heterocycles. The molecule has 1 N–H and O–H groups in total. The molecule has 1 saturated heterocycles. The van der Waals surface area contributed by atoms with Crippen molar-refractivity contribution in [2.45, 2.75) is 20.3 Å². The van der Waals surface area contributed by atoms with Crippen LogP contribution in [0.5, 0.6) is 0 Å². The maximum atomic E-state index is 11.9. The Morgan fingerprint density at radius 1 is 1.25 bits per heavy atom. The zero-order chi connectivity index (χ0) is 14.9. The fourth-order valence-corrected chi connectivity index (χ4v) is 3.22. The highest BCUT2D eigenvalue weighted by molar-refractivity contribution is 7.88. The number of piperazine rings is 1. The molecule has 1 aromatic rings. The van der Waals surface area contributed by atoms with Gasteiger partial charge in [0.05, 0.1) is 6.26 Å². The molecule has 0 aromatic carbocycles. The van der Waals surface area contributed by atoms with Crippen LogP contribution in [-0.4, -0.2) is 55.1 Å². The Morgan fingerprint density at radius 3 is 2.30 bits per heavy atom. The van der Waals surface area contributed by atoms with E-state index < -0.39 is 10.0 Å². The quantitative estimate of drug-likeness (QED) is 0.830.